The van der Waals surface area contributed by atoms with Crippen molar-refractivity contribution in [1.82, 2.24) is 4.72 Å². The molecule has 0 atom stereocenters. The van der Waals surface area contributed by atoms with Gasteiger partial charge in [0.25, 0.3) is 0 Å². The predicted octanol–water partition coefficient (Wildman–Crippen LogP) is 1.45. The van der Waals surface area contributed by atoms with Crippen molar-refractivity contribution in [2.24, 2.45) is 0 Å². The molecule has 1 aromatic carbocycles. The quantitative estimate of drug-likeness (QED) is 0.858. The largest absolute Gasteiger partial charge is 0.497 e. The van der Waals surface area contributed by atoms with E-state index in [2.05, 4.69) is 4.72 Å². The third-order valence-electron chi connectivity index (χ3n) is 2.86. The van der Waals surface area contributed by atoms with Gasteiger partial charge < -0.3 is 9.84 Å². The van der Waals surface area contributed by atoms with Gasteiger partial charge in [0.1, 0.15) is 11.3 Å². The summed E-state index contributed by atoms with van der Waals surface area (Å²) >= 11 is 0. The zero-order valence-electron chi connectivity index (χ0n) is 12.1. The van der Waals surface area contributed by atoms with Gasteiger partial charge in [0.15, 0.2) is 0 Å². The smallest absolute Gasteiger partial charge is 0.324 e. The third kappa shape index (κ3) is 3.29. The molecule has 0 unspecified atom stereocenters. The van der Waals surface area contributed by atoms with Crippen LogP contribution >= 0.6 is 0 Å². The lowest BCUT2D eigenvalue weighted by Crippen LogP contribution is -2.49. The number of benzene rings is 1. The van der Waals surface area contributed by atoms with Gasteiger partial charge in [-0.3, -0.25) is 4.79 Å². The van der Waals surface area contributed by atoms with Crippen molar-refractivity contribution in [3.05, 3.63) is 23.3 Å². The number of methoxy groups -OCH3 is 1. The van der Waals surface area contributed by atoms with Crippen LogP contribution in [0.1, 0.15) is 25.0 Å². The van der Waals surface area contributed by atoms with E-state index in [9.17, 15) is 13.2 Å². The van der Waals surface area contributed by atoms with Gasteiger partial charge in [0.05, 0.1) is 12.0 Å². The number of aryl methyl sites for hydroxylation is 2. The van der Waals surface area contributed by atoms with Gasteiger partial charge in [-0.1, -0.05) is 0 Å². The van der Waals surface area contributed by atoms with Crippen molar-refractivity contribution in [1.29, 1.82) is 0 Å². The van der Waals surface area contributed by atoms with E-state index in [1.165, 1.54) is 21.0 Å². The summed E-state index contributed by atoms with van der Waals surface area (Å²) in [5.74, 6) is -0.693. The lowest BCUT2D eigenvalue weighted by Gasteiger charge is -2.22. The molecule has 112 valence electrons. The molecule has 0 bridgehead atoms. The van der Waals surface area contributed by atoms with Crippen LogP contribution in [0.5, 0.6) is 5.75 Å². The summed E-state index contributed by atoms with van der Waals surface area (Å²) in [6.07, 6.45) is 0. The monoisotopic (exact) mass is 301 g/mol. The summed E-state index contributed by atoms with van der Waals surface area (Å²) in [7, 11) is -2.44. The maximum absolute atomic E-state index is 12.4. The maximum Gasteiger partial charge on any atom is 0.324 e. The minimum absolute atomic E-state index is 0.0765. The van der Waals surface area contributed by atoms with E-state index in [0.29, 0.717) is 16.9 Å². The van der Waals surface area contributed by atoms with Crippen molar-refractivity contribution in [3.63, 3.8) is 0 Å². The van der Waals surface area contributed by atoms with Crippen LogP contribution in [-0.2, 0) is 14.8 Å². The lowest BCUT2D eigenvalue weighted by atomic mass is 10.1. The van der Waals surface area contributed by atoms with Gasteiger partial charge in [-0.25, -0.2) is 8.42 Å². The fourth-order valence-electron chi connectivity index (χ4n) is 1.88. The zero-order chi connectivity index (χ0) is 15.7. The van der Waals surface area contributed by atoms with Crippen LogP contribution < -0.4 is 9.46 Å². The Balaban J connectivity index is 3.34. The van der Waals surface area contributed by atoms with E-state index < -0.39 is 21.5 Å². The van der Waals surface area contributed by atoms with E-state index >= 15 is 0 Å². The van der Waals surface area contributed by atoms with Crippen LogP contribution in [0, 0.1) is 13.8 Å². The Morgan fingerprint density at radius 1 is 1.25 bits per heavy atom. The first-order valence-electron chi connectivity index (χ1n) is 5.94. The summed E-state index contributed by atoms with van der Waals surface area (Å²) in [6, 6.07) is 3.19. The molecule has 0 fully saturated rings. The zero-order valence-corrected chi connectivity index (χ0v) is 13.0. The van der Waals surface area contributed by atoms with E-state index in [-0.39, 0.29) is 4.90 Å². The minimum atomic E-state index is -3.94. The topological polar surface area (TPSA) is 92.7 Å². The Morgan fingerprint density at radius 3 is 2.05 bits per heavy atom. The third-order valence-corrected chi connectivity index (χ3v) is 4.82. The van der Waals surface area contributed by atoms with Crippen molar-refractivity contribution in [2.75, 3.05) is 7.11 Å². The number of hydrogen-bond donors (Lipinski definition) is 2. The summed E-state index contributed by atoms with van der Waals surface area (Å²) < 4.78 is 32.0. The number of ether oxygens (including phenoxy) is 1. The molecule has 0 aliphatic carbocycles. The Labute approximate surface area is 118 Å². The average Bonchev–Trinajstić information content (AvgIpc) is 2.25. The molecule has 1 rings (SSSR count). The molecule has 0 spiro atoms. The van der Waals surface area contributed by atoms with Crippen LogP contribution in [0.25, 0.3) is 0 Å². The van der Waals surface area contributed by atoms with Crippen LogP contribution in [-0.4, -0.2) is 32.1 Å². The second kappa shape index (κ2) is 5.41. The van der Waals surface area contributed by atoms with Crippen LogP contribution in [0.4, 0.5) is 0 Å². The van der Waals surface area contributed by atoms with Gasteiger partial charge in [0.2, 0.25) is 10.0 Å². The highest BCUT2D eigenvalue weighted by Gasteiger charge is 2.34. The first-order valence-corrected chi connectivity index (χ1v) is 7.42. The molecule has 0 aliphatic rings. The standard InChI is InChI=1S/C13H19NO5S/c1-8-6-10(19-5)7-9(2)11(8)20(17,18)14-13(3,4)12(15)16/h6-7,14H,1-5H3,(H,15,16). The van der Waals surface area contributed by atoms with E-state index in [0.717, 1.165) is 0 Å². The molecule has 0 radical (unpaired) electrons. The summed E-state index contributed by atoms with van der Waals surface area (Å²) in [5.41, 5.74) is -0.594. The second-order valence-corrected chi connectivity index (χ2v) is 6.75. The first-order chi connectivity index (χ1) is 9.01. The SMILES string of the molecule is COc1cc(C)c(S(=O)(=O)NC(C)(C)C(=O)O)c(C)c1. The highest BCUT2D eigenvalue weighted by atomic mass is 32.2. The summed E-state index contributed by atoms with van der Waals surface area (Å²) in [5, 5.41) is 9.03. The average molecular weight is 301 g/mol. The van der Waals surface area contributed by atoms with Gasteiger partial charge >= 0.3 is 5.97 Å². The maximum atomic E-state index is 12.4. The molecule has 6 nitrogen and oxygen atoms in total. The molecule has 1 aromatic rings. The van der Waals surface area contributed by atoms with Crippen molar-refractivity contribution in [3.8, 4) is 5.75 Å². The lowest BCUT2D eigenvalue weighted by molar-refractivity contribution is -0.142. The Hall–Kier alpha value is -1.60. The molecule has 0 aliphatic heterocycles. The number of nitrogens with one attached hydrogen (secondary N) is 1. The molecular weight excluding hydrogens is 282 g/mol. The van der Waals surface area contributed by atoms with Crippen molar-refractivity contribution < 1.29 is 23.1 Å². The van der Waals surface area contributed by atoms with Gasteiger partial charge in [-0.2, -0.15) is 4.72 Å². The van der Waals surface area contributed by atoms with Gasteiger partial charge in [-0.15, -0.1) is 0 Å². The number of aliphatic carboxylic acids is 1. The van der Waals surface area contributed by atoms with E-state index in [4.69, 9.17) is 9.84 Å². The highest BCUT2D eigenvalue weighted by molar-refractivity contribution is 7.89. The Bertz CT molecular complexity index is 611. The molecule has 0 amide bonds. The summed E-state index contributed by atoms with van der Waals surface area (Å²) in [4.78, 5) is 11.1. The molecular formula is C13H19NO5S. The number of carboxylic acids is 1. The molecule has 2 N–H and O–H groups in total. The van der Waals surface area contributed by atoms with Gasteiger partial charge in [-0.05, 0) is 51.0 Å². The number of carbonyl (C=O) groups is 1. The first kappa shape index (κ1) is 16.5. The fraction of sp³-hybridized carbons (Fsp3) is 0.462. The van der Waals surface area contributed by atoms with E-state index in [1.54, 1.807) is 26.0 Å². The molecule has 0 aromatic heterocycles. The Morgan fingerprint density at radius 2 is 1.70 bits per heavy atom. The number of carboxylic acid groups (broad SMARTS) is 1. The molecule has 0 saturated heterocycles. The minimum Gasteiger partial charge on any atom is -0.497 e. The number of rotatable bonds is 5. The summed E-state index contributed by atoms with van der Waals surface area (Å²) in [6.45, 7) is 5.86. The van der Waals surface area contributed by atoms with Crippen molar-refractivity contribution >= 4 is 16.0 Å². The predicted molar refractivity (Wildman–Crippen MR) is 74.5 cm³/mol. The molecule has 20 heavy (non-hydrogen) atoms. The highest BCUT2D eigenvalue weighted by Crippen LogP contribution is 2.26. The van der Waals surface area contributed by atoms with Gasteiger partial charge in [0, 0.05) is 0 Å². The molecule has 7 heteroatoms. The van der Waals surface area contributed by atoms with Crippen LogP contribution in [0.15, 0.2) is 17.0 Å². The normalized spacial score (nSPS) is 12.2. The van der Waals surface area contributed by atoms with Crippen LogP contribution in [0.3, 0.4) is 0 Å². The van der Waals surface area contributed by atoms with Crippen LogP contribution in [0.2, 0.25) is 0 Å². The molecule has 0 heterocycles. The molecule has 0 saturated carbocycles. The fourth-order valence-corrected chi connectivity index (χ4v) is 3.71. The van der Waals surface area contributed by atoms with E-state index in [1.807, 2.05) is 0 Å². The Kier molecular flexibility index (Phi) is 4.45. The number of sulfonamides is 1. The number of hydrogen-bond acceptors (Lipinski definition) is 4. The second-order valence-electron chi connectivity index (χ2n) is 5.13. The van der Waals surface area contributed by atoms with Crippen molar-refractivity contribution in [2.45, 2.75) is 38.1 Å².